The first-order valence-electron chi connectivity index (χ1n) is 8.06. The Morgan fingerprint density at radius 1 is 1.35 bits per heavy atom. The van der Waals surface area contributed by atoms with Gasteiger partial charge in [-0.25, -0.2) is 4.98 Å². The highest BCUT2D eigenvalue weighted by Crippen LogP contribution is 2.19. The van der Waals surface area contributed by atoms with Crippen LogP contribution in [-0.4, -0.2) is 22.1 Å². The molecule has 1 aromatic carbocycles. The summed E-state index contributed by atoms with van der Waals surface area (Å²) < 4.78 is 2.44. The van der Waals surface area contributed by atoms with Crippen molar-refractivity contribution in [2.24, 2.45) is 0 Å². The zero-order valence-corrected chi connectivity index (χ0v) is 12.4. The van der Waals surface area contributed by atoms with Gasteiger partial charge in [0.05, 0.1) is 11.0 Å². The minimum Gasteiger partial charge on any atom is -0.328 e. The van der Waals surface area contributed by atoms with E-state index in [2.05, 4.69) is 41.1 Å². The van der Waals surface area contributed by atoms with Gasteiger partial charge in [0.25, 0.3) is 0 Å². The van der Waals surface area contributed by atoms with Crippen molar-refractivity contribution in [2.45, 2.75) is 58.0 Å². The Morgan fingerprint density at radius 3 is 3.05 bits per heavy atom. The SMILES string of the molecule is CCCc1nc2ccccc2n1CCCC1CCCN1. The molecule has 0 bridgehead atoms. The van der Waals surface area contributed by atoms with Crippen LogP contribution in [0.4, 0.5) is 0 Å². The van der Waals surface area contributed by atoms with Crippen LogP contribution in [0.3, 0.4) is 0 Å². The summed E-state index contributed by atoms with van der Waals surface area (Å²) in [6.07, 6.45) is 7.48. The molecule has 0 radical (unpaired) electrons. The molecule has 2 heterocycles. The van der Waals surface area contributed by atoms with Gasteiger partial charge in [0.1, 0.15) is 5.82 Å². The van der Waals surface area contributed by atoms with E-state index in [0.29, 0.717) is 0 Å². The van der Waals surface area contributed by atoms with Gasteiger partial charge in [-0.1, -0.05) is 19.1 Å². The van der Waals surface area contributed by atoms with Crippen LogP contribution in [-0.2, 0) is 13.0 Å². The Morgan fingerprint density at radius 2 is 2.25 bits per heavy atom. The van der Waals surface area contributed by atoms with E-state index in [4.69, 9.17) is 4.98 Å². The zero-order valence-electron chi connectivity index (χ0n) is 12.4. The lowest BCUT2D eigenvalue weighted by atomic mass is 10.1. The third-order valence-corrected chi connectivity index (χ3v) is 4.30. The van der Waals surface area contributed by atoms with E-state index in [-0.39, 0.29) is 0 Å². The van der Waals surface area contributed by atoms with Crippen molar-refractivity contribution < 1.29 is 0 Å². The zero-order chi connectivity index (χ0) is 13.8. The van der Waals surface area contributed by atoms with Gasteiger partial charge in [0.15, 0.2) is 0 Å². The summed E-state index contributed by atoms with van der Waals surface area (Å²) in [4.78, 5) is 4.80. The maximum atomic E-state index is 4.80. The molecule has 20 heavy (non-hydrogen) atoms. The summed E-state index contributed by atoms with van der Waals surface area (Å²) in [5, 5.41) is 3.59. The van der Waals surface area contributed by atoms with Crippen molar-refractivity contribution in [3.63, 3.8) is 0 Å². The highest BCUT2D eigenvalue weighted by atomic mass is 15.1. The number of hydrogen-bond acceptors (Lipinski definition) is 2. The number of aryl methyl sites for hydroxylation is 2. The van der Waals surface area contributed by atoms with Crippen molar-refractivity contribution in [1.29, 1.82) is 0 Å². The van der Waals surface area contributed by atoms with Crippen molar-refractivity contribution in [3.8, 4) is 0 Å². The smallest absolute Gasteiger partial charge is 0.109 e. The molecule has 1 saturated heterocycles. The van der Waals surface area contributed by atoms with E-state index >= 15 is 0 Å². The average molecular weight is 271 g/mol. The van der Waals surface area contributed by atoms with E-state index in [1.54, 1.807) is 0 Å². The Hall–Kier alpha value is -1.35. The Balaban J connectivity index is 1.72. The van der Waals surface area contributed by atoms with Gasteiger partial charge in [-0.2, -0.15) is 0 Å². The van der Waals surface area contributed by atoms with E-state index in [1.807, 2.05) is 0 Å². The molecule has 0 amide bonds. The molecule has 1 aliphatic heterocycles. The van der Waals surface area contributed by atoms with Gasteiger partial charge in [0, 0.05) is 19.0 Å². The summed E-state index contributed by atoms with van der Waals surface area (Å²) in [5.74, 6) is 1.26. The molecule has 1 atom stereocenters. The fourth-order valence-corrected chi connectivity index (χ4v) is 3.29. The van der Waals surface area contributed by atoms with Crippen molar-refractivity contribution in [1.82, 2.24) is 14.9 Å². The second kappa shape index (κ2) is 6.40. The van der Waals surface area contributed by atoms with E-state index in [9.17, 15) is 0 Å². The molecule has 1 aliphatic rings. The number of nitrogens with one attached hydrogen (secondary N) is 1. The number of hydrogen-bond donors (Lipinski definition) is 1. The Labute approximate surface area is 121 Å². The molecule has 3 nitrogen and oxygen atoms in total. The third kappa shape index (κ3) is 2.88. The standard InChI is InChI=1S/C17H25N3/c1-2-7-17-19-15-10-3-4-11-16(15)20(17)13-6-9-14-8-5-12-18-14/h3-4,10-11,14,18H,2,5-9,12-13H2,1H3. The number of para-hydroxylation sites is 2. The normalized spacial score (nSPS) is 18.9. The number of imidazole rings is 1. The maximum Gasteiger partial charge on any atom is 0.109 e. The first-order chi connectivity index (χ1) is 9.88. The lowest BCUT2D eigenvalue weighted by Gasteiger charge is -2.12. The Bertz CT molecular complexity index is 552. The summed E-state index contributed by atoms with van der Waals surface area (Å²) in [7, 11) is 0. The van der Waals surface area contributed by atoms with Crippen LogP contribution in [0.2, 0.25) is 0 Å². The monoisotopic (exact) mass is 271 g/mol. The van der Waals surface area contributed by atoms with E-state index in [1.165, 1.54) is 43.6 Å². The lowest BCUT2D eigenvalue weighted by Crippen LogP contribution is -2.21. The van der Waals surface area contributed by atoms with Gasteiger partial charge in [-0.05, 0) is 50.8 Å². The fourth-order valence-electron chi connectivity index (χ4n) is 3.29. The molecule has 3 rings (SSSR count). The minimum absolute atomic E-state index is 0.749. The number of nitrogens with zero attached hydrogens (tertiary/aromatic N) is 2. The Kier molecular flexibility index (Phi) is 4.36. The first kappa shape index (κ1) is 13.6. The highest BCUT2D eigenvalue weighted by molar-refractivity contribution is 5.75. The lowest BCUT2D eigenvalue weighted by molar-refractivity contribution is 0.499. The second-order valence-electron chi connectivity index (χ2n) is 5.85. The second-order valence-corrected chi connectivity index (χ2v) is 5.85. The molecule has 1 fully saturated rings. The first-order valence-corrected chi connectivity index (χ1v) is 8.06. The van der Waals surface area contributed by atoms with E-state index in [0.717, 1.165) is 30.9 Å². The maximum absolute atomic E-state index is 4.80. The van der Waals surface area contributed by atoms with Gasteiger partial charge in [-0.3, -0.25) is 0 Å². The predicted octanol–water partition coefficient (Wildman–Crippen LogP) is 3.52. The molecule has 0 spiro atoms. The summed E-state index contributed by atoms with van der Waals surface area (Å²) in [6.45, 7) is 4.54. The fraction of sp³-hybridized carbons (Fsp3) is 0.588. The summed E-state index contributed by atoms with van der Waals surface area (Å²) >= 11 is 0. The molecule has 1 N–H and O–H groups in total. The van der Waals surface area contributed by atoms with E-state index < -0.39 is 0 Å². The largest absolute Gasteiger partial charge is 0.328 e. The number of aromatic nitrogens is 2. The summed E-state index contributed by atoms with van der Waals surface area (Å²) in [6, 6.07) is 9.28. The summed E-state index contributed by atoms with van der Waals surface area (Å²) in [5.41, 5.74) is 2.45. The van der Waals surface area contributed by atoms with Crippen LogP contribution >= 0.6 is 0 Å². The topological polar surface area (TPSA) is 29.9 Å². The molecular weight excluding hydrogens is 246 g/mol. The average Bonchev–Trinajstić information content (AvgIpc) is 3.08. The molecular formula is C17H25N3. The van der Waals surface area contributed by atoms with Gasteiger partial charge < -0.3 is 9.88 Å². The number of benzene rings is 1. The van der Waals surface area contributed by atoms with Gasteiger partial charge in [-0.15, -0.1) is 0 Å². The minimum atomic E-state index is 0.749. The van der Waals surface area contributed by atoms with Gasteiger partial charge >= 0.3 is 0 Å². The predicted molar refractivity (Wildman–Crippen MR) is 84.0 cm³/mol. The molecule has 3 heteroatoms. The van der Waals surface area contributed by atoms with Crippen molar-refractivity contribution in [2.75, 3.05) is 6.54 Å². The molecule has 0 saturated carbocycles. The van der Waals surface area contributed by atoms with Crippen molar-refractivity contribution in [3.05, 3.63) is 30.1 Å². The van der Waals surface area contributed by atoms with Crippen LogP contribution in [0, 0.1) is 0 Å². The quantitative estimate of drug-likeness (QED) is 0.871. The van der Waals surface area contributed by atoms with Crippen LogP contribution in [0.25, 0.3) is 11.0 Å². The van der Waals surface area contributed by atoms with Crippen LogP contribution < -0.4 is 5.32 Å². The molecule has 1 unspecified atom stereocenters. The number of fused-ring (bicyclic) bond motifs is 1. The van der Waals surface area contributed by atoms with Crippen LogP contribution in [0.15, 0.2) is 24.3 Å². The number of rotatable bonds is 6. The third-order valence-electron chi connectivity index (χ3n) is 4.30. The van der Waals surface area contributed by atoms with Crippen molar-refractivity contribution >= 4 is 11.0 Å². The molecule has 0 aliphatic carbocycles. The van der Waals surface area contributed by atoms with Crippen LogP contribution in [0.5, 0.6) is 0 Å². The van der Waals surface area contributed by atoms with Gasteiger partial charge in [0.2, 0.25) is 0 Å². The highest BCUT2D eigenvalue weighted by Gasteiger charge is 2.14. The van der Waals surface area contributed by atoms with Crippen LogP contribution in [0.1, 0.15) is 44.9 Å². The molecule has 2 aromatic rings. The molecule has 108 valence electrons. The molecule has 1 aromatic heterocycles.